The number of hydrogen-bond donors (Lipinski definition) is 1. The molecule has 0 bridgehead atoms. The zero-order chi connectivity index (χ0) is 20.9. The van der Waals surface area contributed by atoms with Crippen molar-refractivity contribution in [3.8, 4) is 5.69 Å². The average molecular weight is 437 g/mol. The van der Waals surface area contributed by atoms with Crippen molar-refractivity contribution < 1.29 is 4.74 Å². The molecule has 2 aliphatic rings. The quantitative estimate of drug-likeness (QED) is 0.779. The predicted octanol–water partition coefficient (Wildman–Crippen LogP) is 3.49. The molecule has 156 valence electrons. The van der Waals surface area contributed by atoms with Gasteiger partial charge in [0.25, 0.3) is 5.56 Å². The van der Waals surface area contributed by atoms with Gasteiger partial charge < -0.3 is 15.4 Å². The number of aromatic nitrogens is 2. The maximum absolute atomic E-state index is 13.2. The highest BCUT2D eigenvalue weighted by atomic mass is 35.5. The summed E-state index contributed by atoms with van der Waals surface area (Å²) in [5, 5.41) is 0.750. The Morgan fingerprint density at radius 3 is 2.55 bits per heavy atom. The second-order valence-electron chi connectivity index (χ2n) is 8.21. The number of anilines is 1. The van der Waals surface area contributed by atoms with Crippen molar-refractivity contribution >= 4 is 29.0 Å². The molecule has 0 radical (unpaired) electrons. The number of benzene rings is 1. The first-order chi connectivity index (χ1) is 13.7. The van der Waals surface area contributed by atoms with E-state index in [9.17, 15) is 4.79 Å². The Kier molecular flexibility index (Phi) is 5.40. The highest BCUT2D eigenvalue weighted by molar-refractivity contribution is 6.43. The van der Waals surface area contributed by atoms with E-state index in [1.807, 2.05) is 20.8 Å². The van der Waals surface area contributed by atoms with E-state index in [1.165, 1.54) is 4.57 Å². The Labute approximate surface area is 180 Å². The smallest absolute Gasteiger partial charge is 0.263 e. The Morgan fingerprint density at radius 1 is 1.24 bits per heavy atom. The zero-order valence-electron chi connectivity index (χ0n) is 16.9. The van der Waals surface area contributed by atoms with E-state index in [1.54, 1.807) is 18.2 Å². The lowest BCUT2D eigenvalue weighted by molar-refractivity contribution is 0.0974. The molecule has 2 atom stereocenters. The standard InChI is InChI=1S/C21H26Cl2N4O2/c1-12-19(26-9-7-21(8-10-26)11-29-13(2)18(21)24)25-14(3)27(20(12)28)16-6-4-5-15(22)17(16)23/h4-6,13,18H,7-11,24H2,1-3H3/t13-,18-/m1/s1. The monoisotopic (exact) mass is 436 g/mol. The van der Waals surface area contributed by atoms with Crippen molar-refractivity contribution in [2.45, 2.75) is 45.8 Å². The molecule has 2 saturated heterocycles. The summed E-state index contributed by atoms with van der Waals surface area (Å²) in [6.07, 6.45) is 1.96. The number of nitrogens with two attached hydrogens (primary N) is 1. The summed E-state index contributed by atoms with van der Waals surface area (Å²) < 4.78 is 7.34. The zero-order valence-corrected chi connectivity index (χ0v) is 18.4. The third-order valence-electron chi connectivity index (χ3n) is 6.53. The molecule has 0 amide bonds. The first kappa shape index (κ1) is 20.7. The molecule has 1 spiro atoms. The second kappa shape index (κ2) is 7.58. The largest absolute Gasteiger partial charge is 0.376 e. The summed E-state index contributed by atoms with van der Waals surface area (Å²) >= 11 is 12.5. The highest BCUT2D eigenvalue weighted by Gasteiger charge is 2.47. The summed E-state index contributed by atoms with van der Waals surface area (Å²) in [4.78, 5) is 20.2. The molecule has 2 aromatic rings. The van der Waals surface area contributed by atoms with Crippen LogP contribution in [0.15, 0.2) is 23.0 Å². The number of aryl methyl sites for hydroxylation is 1. The molecule has 29 heavy (non-hydrogen) atoms. The van der Waals surface area contributed by atoms with Gasteiger partial charge in [0.2, 0.25) is 0 Å². The van der Waals surface area contributed by atoms with E-state index in [-0.39, 0.29) is 23.1 Å². The number of hydrogen-bond acceptors (Lipinski definition) is 5. The van der Waals surface area contributed by atoms with Gasteiger partial charge in [0, 0.05) is 24.5 Å². The molecule has 6 nitrogen and oxygen atoms in total. The van der Waals surface area contributed by atoms with Crippen LogP contribution in [0.5, 0.6) is 0 Å². The van der Waals surface area contributed by atoms with Crippen LogP contribution in [-0.4, -0.2) is 41.4 Å². The molecule has 2 fully saturated rings. The third-order valence-corrected chi connectivity index (χ3v) is 7.34. The summed E-state index contributed by atoms with van der Waals surface area (Å²) in [7, 11) is 0. The van der Waals surface area contributed by atoms with Crippen LogP contribution in [0.3, 0.4) is 0 Å². The van der Waals surface area contributed by atoms with E-state index in [0.29, 0.717) is 33.7 Å². The predicted molar refractivity (Wildman–Crippen MR) is 117 cm³/mol. The summed E-state index contributed by atoms with van der Waals surface area (Å²) in [5.74, 6) is 1.31. The Balaban J connectivity index is 1.66. The van der Waals surface area contributed by atoms with Gasteiger partial charge in [-0.25, -0.2) is 4.98 Å². The third kappa shape index (κ3) is 3.36. The van der Waals surface area contributed by atoms with Gasteiger partial charge in [-0.3, -0.25) is 9.36 Å². The van der Waals surface area contributed by atoms with Crippen LogP contribution in [0.2, 0.25) is 10.0 Å². The Hall–Kier alpha value is -1.60. The molecular weight excluding hydrogens is 411 g/mol. The minimum Gasteiger partial charge on any atom is -0.376 e. The molecule has 0 unspecified atom stereocenters. The van der Waals surface area contributed by atoms with Crippen molar-refractivity contribution in [1.29, 1.82) is 0 Å². The second-order valence-corrected chi connectivity index (χ2v) is 9.00. The number of piperidine rings is 1. The van der Waals surface area contributed by atoms with Gasteiger partial charge in [-0.1, -0.05) is 29.3 Å². The fourth-order valence-electron chi connectivity index (χ4n) is 4.59. The number of halogens is 2. The number of rotatable bonds is 2. The summed E-state index contributed by atoms with van der Waals surface area (Å²) in [6.45, 7) is 7.99. The van der Waals surface area contributed by atoms with Crippen LogP contribution in [-0.2, 0) is 4.74 Å². The van der Waals surface area contributed by atoms with Crippen LogP contribution in [0.4, 0.5) is 5.82 Å². The Morgan fingerprint density at radius 2 is 1.93 bits per heavy atom. The first-order valence-electron chi connectivity index (χ1n) is 9.92. The number of nitrogens with zero attached hydrogens (tertiary/aromatic N) is 3. The van der Waals surface area contributed by atoms with Crippen molar-refractivity contribution in [2.24, 2.45) is 11.1 Å². The van der Waals surface area contributed by atoms with Crippen LogP contribution < -0.4 is 16.2 Å². The maximum Gasteiger partial charge on any atom is 0.263 e. The summed E-state index contributed by atoms with van der Waals surface area (Å²) in [5.41, 5.74) is 7.47. The van der Waals surface area contributed by atoms with Crippen molar-refractivity contribution in [1.82, 2.24) is 9.55 Å². The van der Waals surface area contributed by atoms with Crippen LogP contribution in [0.1, 0.15) is 31.2 Å². The molecule has 3 heterocycles. The maximum atomic E-state index is 13.2. The molecule has 4 rings (SSSR count). The average Bonchev–Trinajstić information content (AvgIpc) is 2.97. The van der Waals surface area contributed by atoms with E-state index in [0.717, 1.165) is 31.7 Å². The molecular formula is C21H26Cl2N4O2. The van der Waals surface area contributed by atoms with E-state index in [2.05, 4.69) is 4.90 Å². The van der Waals surface area contributed by atoms with Gasteiger partial charge in [-0.15, -0.1) is 0 Å². The van der Waals surface area contributed by atoms with Crippen molar-refractivity contribution in [3.05, 3.63) is 50.0 Å². The first-order valence-corrected chi connectivity index (χ1v) is 10.7. The van der Waals surface area contributed by atoms with Gasteiger partial charge >= 0.3 is 0 Å². The van der Waals surface area contributed by atoms with Crippen molar-refractivity contribution in [2.75, 3.05) is 24.6 Å². The molecule has 0 saturated carbocycles. The van der Waals surface area contributed by atoms with Gasteiger partial charge in [-0.2, -0.15) is 0 Å². The van der Waals surface area contributed by atoms with Crippen LogP contribution in [0, 0.1) is 19.3 Å². The molecule has 1 aromatic heterocycles. The van der Waals surface area contributed by atoms with Crippen LogP contribution >= 0.6 is 23.2 Å². The molecule has 2 aliphatic heterocycles. The van der Waals surface area contributed by atoms with Gasteiger partial charge in [0.05, 0.1) is 34.0 Å². The lowest BCUT2D eigenvalue weighted by atomic mass is 9.73. The fourth-order valence-corrected chi connectivity index (χ4v) is 4.97. The van der Waals surface area contributed by atoms with E-state index < -0.39 is 0 Å². The number of ether oxygens (including phenoxy) is 1. The van der Waals surface area contributed by atoms with Gasteiger partial charge in [0.1, 0.15) is 11.6 Å². The molecule has 8 heteroatoms. The molecule has 1 aromatic carbocycles. The highest BCUT2D eigenvalue weighted by Crippen LogP contribution is 2.42. The van der Waals surface area contributed by atoms with Crippen LogP contribution in [0.25, 0.3) is 5.69 Å². The molecule has 2 N–H and O–H groups in total. The Bertz CT molecular complexity index is 999. The minimum absolute atomic E-state index is 0.0299. The summed E-state index contributed by atoms with van der Waals surface area (Å²) in [6, 6.07) is 5.30. The fraction of sp³-hybridized carbons (Fsp3) is 0.524. The van der Waals surface area contributed by atoms with Crippen molar-refractivity contribution in [3.63, 3.8) is 0 Å². The normalized spacial score (nSPS) is 23.7. The van der Waals surface area contributed by atoms with Gasteiger partial charge in [0.15, 0.2) is 0 Å². The SMILES string of the molecule is Cc1c(N2CCC3(CC2)CO[C@H](C)[C@H]3N)nc(C)n(-c2cccc(Cl)c2Cl)c1=O. The minimum atomic E-state index is -0.133. The topological polar surface area (TPSA) is 73.4 Å². The molecule has 0 aliphatic carbocycles. The van der Waals surface area contributed by atoms with E-state index >= 15 is 0 Å². The lowest BCUT2D eigenvalue weighted by Gasteiger charge is -2.42. The van der Waals surface area contributed by atoms with Gasteiger partial charge in [-0.05, 0) is 45.7 Å². The van der Waals surface area contributed by atoms with E-state index in [4.69, 9.17) is 38.7 Å². The lowest BCUT2D eigenvalue weighted by Crippen LogP contribution is -2.51.